The van der Waals surface area contributed by atoms with E-state index < -0.39 is 14.4 Å². The average Bonchev–Trinajstić information content (AvgIpc) is 3.21. The maximum absolute atomic E-state index is 10.5. The molecule has 1 heterocycles. The summed E-state index contributed by atoms with van der Waals surface area (Å²) in [5.41, 5.74) is 1.02. The van der Waals surface area contributed by atoms with E-state index in [1.807, 2.05) is 19.1 Å². The Bertz CT molecular complexity index is 963. The molecule has 2 aromatic carbocycles. The normalized spacial score (nSPS) is 13.1. The Morgan fingerprint density at radius 1 is 0.970 bits per heavy atom. The quantitative estimate of drug-likeness (QED) is 0.289. The maximum atomic E-state index is 10.5. The molecule has 3 rings (SSSR count). The molecular formula is C29H38O3Si. The van der Waals surface area contributed by atoms with Gasteiger partial charge in [0.2, 0.25) is 0 Å². The molecule has 0 saturated carbocycles. The van der Waals surface area contributed by atoms with E-state index in [4.69, 9.17) is 8.84 Å². The van der Waals surface area contributed by atoms with Crippen LogP contribution in [0.5, 0.6) is 0 Å². The van der Waals surface area contributed by atoms with E-state index in [9.17, 15) is 5.11 Å². The summed E-state index contributed by atoms with van der Waals surface area (Å²) in [4.78, 5) is 0. The lowest BCUT2D eigenvalue weighted by Gasteiger charge is -2.43. The summed E-state index contributed by atoms with van der Waals surface area (Å²) >= 11 is 0. The van der Waals surface area contributed by atoms with Gasteiger partial charge >= 0.3 is 0 Å². The smallest absolute Gasteiger partial charge is 0.261 e. The highest BCUT2D eigenvalue weighted by Crippen LogP contribution is 2.37. The number of furan rings is 1. The van der Waals surface area contributed by atoms with E-state index in [1.54, 1.807) is 0 Å². The Labute approximate surface area is 200 Å². The molecule has 33 heavy (non-hydrogen) atoms. The van der Waals surface area contributed by atoms with Crippen LogP contribution in [0.4, 0.5) is 0 Å². The van der Waals surface area contributed by atoms with Crippen LogP contribution >= 0.6 is 0 Å². The zero-order valence-corrected chi connectivity index (χ0v) is 21.5. The third-order valence-electron chi connectivity index (χ3n) is 6.24. The first-order valence-electron chi connectivity index (χ1n) is 11.9. The van der Waals surface area contributed by atoms with Gasteiger partial charge in [-0.3, -0.25) is 0 Å². The molecule has 0 aliphatic heterocycles. The Hall–Kier alpha value is -2.40. The highest BCUT2D eigenvalue weighted by atomic mass is 28.4. The van der Waals surface area contributed by atoms with Crippen molar-refractivity contribution in [2.45, 2.75) is 64.5 Å². The van der Waals surface area contributed by atoms with Gasteiger partial charge < -0.3 is 13.9 Å². The van der Waals surface area contributed by atoms with Crippen LogP contribution in [0.25, 0.3) is 0 Å². The Morgan fingerprint density at radius 3 is 2.03 bits per heavy atom. The van der Waals surface area contributed by atoms with Gasteiger partial charge in [0.15, 0.2) is 0 Å². The fourth-order valence-electron chi connectivity index (χ4n) is 4.58. The minimum Gasteiger partial charge on any atom is -0.466 e. The summed E-state index contributed by atoms with van der Waals surface area (Å²) in [7, 11) is -2.53. The predicted molar refractivity (Wildman–Crippen MR) is 140 cm³/mol. The van der Waals surface area contributed by atoms with Crippen LogP contribution in [0, 0.1) is 6.92 Å². The monoisotopic (exact) mass is 462 g/mol. The SMILES string of the molecule is C=C(CCO[Si](c1ccccc1)(c1ccccc1)C(C)(C)C)C[C@H](O)CCc1ccc(C)o1. The van der Waals surface area contributed by atoms with Crippen molar-refractivity contribution in [1.29, 1.82) is 0 Å². The lowest BCUT2D eigenvalue weighted by Crippen LogP contribution is -2.66. The molecule has 1 aromatic heterocycles. The standard InChI is InChI=1S/C29H38O3Si/c1-23(22-25(30)17-19-26-18-16-24(2)32-26)20-21-31-33(29(3,4)5,27-12-8-6-9-13-27)28-14-10-7-11-15-28/h6-16,18,25,30H,1,17,19-22H2,2-5H3/t25-/m1/s1. The fraction of sp³-hybridized carbons (Fsp3) is 0.379. The number of rotatable bonds is 11. The molecule has 0 unspecified atom stereocenters. The van der Waals surface area contributed by atoms with Gasteiger partial charge in [-0.15, -0.1) is 0 Å². The summed E-state index contributed by atoms with van der Waals surface area (Å²) in [6, 6.07) is 25.3. The molecule has 3 aromatic rings. The zero-order chi connectivity index (χ0) is 23.9. The van der Waals surface area contributed by atoms with E-state index in [1.165, 1.54) is 10.4 Å². The van der Waals surface area contributed by atoms with Crippen LogP contribution in [-0.2, 0) is 10.8 Å². The molecule has 0 saturated heterocycles. The molecule has 0 radical (unpaired) electrons. The Balaban J connectivity index is 1.67. The Kier molecular flexibility index (Phi) is 8.52. The summed E-state index contributed by atoms with van der Waals surface area (Å²) in [5, 5.41) is 13.0. The van der Waals surface area contributed by atoms with Crippen molar-refractivity contribution in [3.63, 3.8) is 0 Å². The van der Waals surface area contributed by atoms with Crippen molar-refractivity contribution in [3.8, 4) is 0 Å². The topological polar surface area (TPSA) is 42.6 Å². The number of hydrogen-bond acceptors (Lipinski definition) is 3. The van der Waals surface area contributed by atoms with Gasteiger partial charge in [0.1, 0.15) is 11.5 Å². The third-order valence-corrected chi connectivity index (χ3v) is 11.3. The van der Waals surface area contributed by atoms with Crippen LogP contribution in [-0.4, -0.2) is 26.1 Å². The second kappa shape index (κ2) is 11.1. The van der Waals surface area contributed by atoms with Crippen molar-refractivity contribution < 1.29 is 13.9 Å². The molecule has 0 fully saturated rings. The van der Waals surface area contributed by atoms with Crippen molar-refractivity contribution in [2.75, 3.05) is 6.61 Å². The molecular weight excluding hydrogens is 424 g/mol. The first kappa shape index (κ1) is 25.2. The predicted octanol–water partition coefficient (Wildman–Crippen LogP) is 5.79. The number of benzene rings is 2. The van der Waals surface area contributed by atoms with Crippen molar-refractivity contribution in [1.82, 2.24) is 0 Å². The van der Waals surface area contributed by atoms with Gasteiger partial charge in [0.05, 0.1) is 6.10 Å². The number of hydrogen-bond donors (Lipinski definition) is 1. The van der Waals surface area contributed by atoms with E-state index >= 15 is 0 Å². The summed E-state index contributed by atoms with van der Waals surface area (Å²) in [6.45, 7) is 13.6. The maximum Gasteiger partial charge on any atom is 0.261 e. The van der Waals surface area contributed by atoms with E-state index in [2.05, 4.69) is 88.0 Å². The lowest BCUT2D eigenvalue weighted by atomic mass is 10.0. The average molecular weight is 463 g/mol. The molecule has 176 valence electrons. The summed E-state index contributed by atoms with van der Waals surface area (Å²) in [5.74, 6) is 1.83. The second-order valence-corrected chi connectivity index (χ2v) is 14.2. The van der Waals surface area contributed by atoms with Gasteiger partial charge in [0, 0.05) is 13.0 Å². The second-order valence-electron chi connectivity index (χ2n) is 9.92. The third kappa shape index (κ3) is 6.35. The first-order chi connectivity index (χ1) is 15.7. The first-order valence-corrected chi connectivity index (χ1v) is 13.8. The van der Waals surface area contributed by atoms with Crippen LogP contribution in [0.15, 0.2) is 89.4 Å². The van der Waals surface area contributed by atoms with Crippen molar-refractivity contribution in [2.24, 2.45) is 0 Å². The molecule has 0 bridgehead atoms. The van der Waals surface area contributed by atoms with Crippen LogP contribution in [0.2, 0.25) is 5.04 Å². The largest absolute Gasteiger partial charge is 0.466 e. The van der Waals surface area contributed by atoms with Gasteiger partial charge in [-0.2, -0.15) is 0 Å². The van der Waals surface area contributed by atoms with Crippen LogP contribution < -0.4 is 10.4 Å². The van der Waals surface area contributed by atoms with Crippen LogP contribution in [0.3, 0.4) is 0 Å². The van der Waals surface area contributed by atoms with E-state index in [0.29, 0.717) is 19.4 Å². The van der Waals surface area contributed by atoms with Gasteiger partial charge in [0.25, 0.3) is 8.32 Å². The molecule has 0 aliphatic rings. The molecule has 0 aliphatic carbocycles. The molecule has 0 amide bonds. The molecule has 1 N–H and O–H groups in total. The Morgan fingerprint density at radius 2 is 1.55 bits per heavy atom. The molecule has 0 spiro atoms. The fourth-order valence-corrected chi connectivity index (χ4v) is 9.14. The molecule has 3 nitrogen and oxygen atoms in total. The van der Waals surface area contributed by atoms with Gasteiger partial charge in [-0.05, 0) is 53.7 Å². The van der Waals surface area contributed by atoms with Crippen LogP contribution in [0.1, 0.15) is 51.6 Å². The molecule has 4 heteroatoms. The summed E-state index contributed by atoms with van der Waals surface area (Å²) < 4.78 is 12.5. The summed E-state index contributed by atoms with van der Waals surface area (Å²) in [6.07, 6.45) is 2.31. The lowest BCUT2D eigenvalue weighted by molar-refractivity contribution is 0.160. The molecule has 1 atom stereocenters. The minimum atomic E-state index is -2.53. The zero-order valence-electron chi connectivity index (χ0n) is 20.5. The highest BCUT2D eigenvalue weighted by molar-refractivity contribution is 6.99. The minimum absolute atomic E-state index is 0.0439. The number of aryl methyl sites for hydroxylation is 2. The van der Waals surface area contributed by atoms with Crippen molar-refractivity contribution >= 4 is 18.7 Å². The van der Waals surface area contributed by atoms with E-state index in [-0.39, 0.29) is 5.04 Å². The van der Waals surface area contributed by atoms with Crippen molar-refractivity contribution in [3.05, 3.63) is 96.5 Å². The number of aliphatic hydroxyl groups is 1. The van der Waals surface area contributed by atoms with Gasteiger partial charge in [-0.1, -0.05) is 93.6 Å². The highest BCUT2D eigenvalue weighted by Gasteiger charge is 2.49. The van der Waals surface area contributed by atoms with Gasteiger partial charge in [-0.25, -0.2) is 0 Å². The van der Waals surface area contributed by atoms with E-state index in [0.717, 1.165) is 29.9 Å². The number of aliphatic hydroxyl groups excluding tert-OH is 1.